The molecule has 0 heterocycles. The quantitative estimate of drug-likeness (QED) is 0.463. The van der Waals surface area contributed by atoms with Crippen molar-refractivity contribution in [3.05, 3.63) is 0 Å². The molecule has 0 aromatic carbocycles. The van der Waals surface area contributed by atoms with E-state index in [1.165, 1.54) is 19.3 Å². The number of ether oxygens (including phenoxy) is 1. The number of unbranched alkanes of at least 4 members (excludes halogenated alkanes) is 3. The molecule has 0 aromatic rings. The van der Waals surface area contributed by atoms with Gasteiger partial charge in [-0.3, -0.25) is 4.79 Å². The minimum absolute atomic E-state index is 0.0900. The van der Waals surface area contributed by atoms with E-state index < -0.39 is 0 Å². The molecule has 3 heteroatoms. The number of carbonyl (C=O) groups is 1. The van der Waals surface area contributed by atoms with Crippen LogP contribution in [-0.2, 0) is 9.53 Å². The summed E-state index contributed by atoms with van der Waals surface area (Å²) in [6.07, 6.45) is 8.15. The Labute approximate surface area is 99.7 Å². The highest BCUT2D eigenvalue weighted by Gasteiger charge is 2.11. The van der Waals surface area contributed by atoms with Crippen molar-refractivity contribution in [1.29, 1.82) is 0 Å². The summed E-state index contributed by atoms with van der Waals surface area (Å²) in [5.74, 6) is -0.0900. The van der Waals surface area contributed by atoms with E-state index in [0.717, 1.165) is 25.7 Å². The maximum atomic E-state index is 11.4. The van der Waals surface area contributed by atoms with Crippen LogP contribution in [-0.4, -0.2) is 18.6 Å². The van der Waals surface area contributed by atoms with Crippen molar-refractivity contribution in [2.45, 2.75) is 71.3 Å². The van der Waals surface area contributed by atoms with Gasteiger partial charge in [-0.05, 0) is 32.2 Å². The van der Waals surface area contributed by atoms with Crippen molar-refractivity contribution < 1.29 is 9.53 Å². The van der Waals surface area contributed by atoms with Gasteiger partial charge in [0, 0.05) is 6.42 Å². The van der Waals surface area contributed by atoms with Gasteiger partial charge in [0.2, 0.25) is 0 Å². The number of esters is 1. The Morgan fingerprint density at radius 2 is 1.94 bits per heavy atom. The molecule has 1 unspecified atom stereocenters. The monoisotopic (exact) mass is 229 g/mol. The molecule has 0 amide bonds. The third-order valence-corrected chi connectivity index (χ3v) is 2.72. The van der Waals surface area contributed by atoms with E-state index in [1.54, 1.807) is 0 Å². The second-order valence-electron chi connectivity index (χ2n) is 4.26. The highest BCUT2D eigenvalue weighted by atomic mass is 16.5. The molecule has 16 heavy (non-hydrogen) atoms. The van der Waals surface area contributed by atoms with Gasteiger partial charge in [-0.1, -0.05) is 33.1 Å². The van der Waals surface area contributed by atoms with E-state index in [-0.39, 0.29) is 12.1 Å². The van der Waals surface area contributed by atoms with E-state index in [9.17, 15) is 4.79 Å². The minimum atomic E-state index is -0.0900. The fourth-order valence-corrected chi connectivity index (χ4v) is 1.64. The van der Waals surface area contributed by atoms with E-state index in [2.05, 4.69) is 13.8 Å². The molecule has 0 rings (SSSR count). The molecule has 0 fully saturated rings. The van der Waals surface area contributed by atoms with Crippen molar-refractivity contribution in [2.75, 3.05) is 6.54 Å². The van der Waals surface area contributed by atoms with E-state index in [0.29, 0.717) is 13.0 Å². The molecule has 0 aliphatic rings. The molecule has 1 atom stereocenters. The van der Waals surface area contributed by atoms with E-state index in [4.69, 9.17) is 10.5 Å². The first kappa shape index (κ1) is 15.4. The molecule has 0 radical (unpaired) electrons. The summed E-state index contributed by atoms with van der Waals surface area (Å²) in [6.45, 7) is 4.83. The third kappa shape index (κ3) is 8.72. The lowest BCUT2D eigenvalue weighted by Crippen LogP contribution is -2.18. The van der Waals surface area contributed by atoms with Crippen LogP contribution in [0.25, 0.3) is 0 Å². The van der Waals surface area contributed by atoms with Crippen LogP contribution in [0.3, 0.4) is 0 Å². The van der Waals surface area contributed by atoms with Gasteiger partial charge in [-0.15, -0.1) is 0 Å². The van der Waals surface area contributed by atoms with E-state index >= 15 is 0 Å². The SMILES string of the molecule is CCCCCCC(CC)OC(=O)CCCN. The minimum Gasteiger partial charge on any atom is -0.462 e. The second kappa shape index (κ2) is 10.9. The van der Waals surface area contributed by atoms with Gasteiger partial charge < -0.3 is 10.5 Å². The van der Waals surface area contributed by atoms with Crippen LogP contribution in [0.1, 0.15) is 65.2 Å². The maximum absolute atomic E-state index is 11.4. The summed E-state index contributed by atoms with van der Waals surface area (Å²) >= 11 is 0. The Morgan fingerprint density at radius 1 is 1.19 bits per heavy atom. The largest absolute Gasteiger partial charge is 0.462 e. The van der Waals surface area contributed by atoms with Crippen LogP contribution in [0.4, 0.5) is 0 Å². The van der Waals surface area contributed by atoms with Gasteiger partial charge in [0.1, 0.15) is 6.10 Å². The van der Waals surface area contributed by atoms with Crippen molar-refractivity contribution >= 4 is 5.97 Å². The Kier molecular flexibility index (Phi) is 10.5. The van der Waals surface area contributed by atoms with Crippen molar-refractivity contribution in [3.8, 4) is 0 Å². The summed E-state index contributed by atoms with van der Waals surface area (Å²) in [5.41, 5.74) is 5.35. The topological polar surface area (TPSA) is 52.3 Å². The molecule has 0 saturated heterocycles. The summed E-state index contributed by atoms with van der Waals surface area (Å²) in [4.78, 5) is 11.4. The third-order valence-electron chi connectivity index (χ3n) is 2.72. The second-order valence-corrected chi connectivity index (χ2v) is 4.26. The highest BCUT2D eigenvalue weighted by Crippen LogP contribution is 2.12. The Balaban J connectivity index is 3.60. The van der Waals surface area contributed by atoms with Gasteiger partial charge in [-0.25, -0.2) is 0 Å². The smallest absolute Gasteiger partial charge is 0.306 e. The lowest BCUT2D eigenvalue weighted by Gasteiger charge is -2.15. The van der Waals surface area contributed by atoms with Gasteiger partial charge in [0.05, 0.1) is 0 Å². The molecule has 3 nitrogen and oxygen atoms in total. The van der Waals surface area contributed by atoms with Crippen molar-refractivity contribution in [3.63, 3.8) is 0 Å². The average Bonchev–Trinajstić information content (AvgIpc) is 2.30. The first-order valence-electron chi connectivity index (χ1n) is 6.64. The molecule has 0 aliphatic carbocycles. The average molecular weight is 229 g/mol. The first-order valence-corrected chi connectivity index (χ1v) is 6.64. The number of nitrogens with two attached hydrogens (primary N) is 1. The van der Waals surface area contributed by atoms with Gasteiger partial charge in [-0.2, -0.15) is 0 Å². The molecule has 0 aliphatic heterocycles. The molecule has 0 bridgehead atoms. The molecule has 0 saturated carbocycles. The summed E-state index contributed by atoms with van der Waals surface area (Å²) in [6, 6.07) is 0. The van der Waals surface area contributed by atoms with Gasteiger partial charge in [0.15, 0.2) is 0 Å². The Morgan fingerprint density at radius 3 is 2.50 bits per heavy atom. The van der Waals surface area contributed by atoms with Crippen molar-refractivity contribution in [1.82, 2.24) is 0 Å². The normalized spacial score (nSPS) is 12.4. The molecule has 96 valence electrons. The Bertz CT molecular complexity index is 171. The van der Waals surface area contributed by atoms with Crippen LogP contribution < -0.4 is 5.73 Å². The maximum Gasteiger partial charge on any atom is 0.306 e. The predicted molar refractivity (Wildman–Crippen MR) is 67.2 cm³/mol. The van der Waals surface area contributed by atoms with E-state index in [1.807, 2.05) is 0 Å². The fraction of sp³-hybridized carbons (Fsp3) is 0.923. The molecular weight excluding hydrogens is 202 g/mol. The first-order chi connectivity index (χ1) is 7.74. The number of carbonyl (C=O) groups excluding carboxylic acids is 1. The molecule has 0 spiro atoms. The van der Waals surface area contributed by atoms with Crippen LogP contribution in [0, 0.1) is 0 Å². The zero-order chi connectivity index (χ0) is 12.2. The summed E-state index contributed by atoms with van der Waals surface area (Å²) in [7, 11) is 0. The molecule has 2 N–H and O–H groups in total. The zero-order valence-electron chi connectivity index (χ0n) is 10.8. The highest BCUT2D eigenvalue weighted by molar-refractivity contribution is 5.69. The lowest BCUT2D eigenvalue weighted by atomic mass is 10.1. The zero-order valence-corrected chi connectivity index (χ0v) is 10.8. The van der Waals surface area contributed by atoms with Crippen LogP contribution in [0.5, 0.6) is 0 Å². The van der Waals surface area contributed by atoms with Crippen LogP contribution >= 0.6 is 0 Å². The fourth-order valence-electron chi connectivity index (χ4n) is 1.64. The van der Waals surface area contributed by atoms with Gasteiger partial charge in [0.25, 0.3) is 0 Å². The standard InChI is InChI=1S/C13H27NO2/c1-3-5-6-7-9-12(4-2)16-13(15)10-8-11-14/h12H,3-11,14H2,1-2H3. The van der Waals surface area contributed by atoms with Crippen LogP contribution in [0.15, 0.2) is 0 Å². The number of hydrogen-bond acceptors (Lipinski definition) is 3. The van der Waals surface area contributed by atoms with Gasteiger partial charge >= 0.3 is 5.97 Å². The summed E-state index contributed by atoms with van der Waals surface area (Å²) < 4.78 is 5.39. The molecular formula is C13H27NO2. The lowest BCUT2D eigenvalue weighted by molar-refractivity contribution is -0.149. The predicted octanol–water partition coefficient (Wildman–Crippen LogP) is 3.02. The van der Waals surface area contributed by atoms with Crippen molar-refractivity contribution in [2.24, 2.45) is 5.73 Å². The van der Waals surface area contributed by atoms with Crippen LogP contribution in [0.2, 0.25) is 0 Å². The number of hydrogen-bond donors (Lipinski definition) is 1. The Hall–Kier alpha value is -0.570. The molecule has 0 aromatic heterocycles. The number of rotatable bonds is 10. The summed E-state index contributed by atoms with van der Waals surface area (Å²) in [5, 5.41) is 0.